The minimum absolute atomic E-state index is 0.0589. The van der Waals surface area contributed by atoms with Crippen LogP contribution in [-0.4, -0.2) is 6.11 Å². The molecule has 148 valence electrons. The second kappa shape index (κ2) is 9.89. The van der Waals surface area contributed by atoms with Crippen molar-refractivity contribution in [3.05, 3.63) is 47.0 Å². The Bertz CT molecular complexity index is 665. The Hall–Kier alpha value is -1.87. The van der Waals surface area contributed by atoms with E-state index in [0.29, 0.717) is 5.92 Å². The molecule has 2 rings (SSSR count). The van der Waals surface area contributed by atoms with Crippen LogP contribution in [0.5, 0.6) is 0 Å². The van der Waals surface area contributed by atoms with Gasteiger partial charge in [0.1, 0.15) is 23.3 Å². The van der Waals surface area contributed by atoms with Crippen molar-refractivity contribution < 1.29 is 22.3 Å². The van der Waals surface area contributed by atoms with Crippen molar-refractivity contribution in [3.8, 4) is 6.07 Å². The van der Waals surface area contributed by atoms with Gasteiger partial charge in [0.05, 0.1) is 6.61 Å². The number of nitriles is 1. The number of alkyl halides is 2. The van der Waals surface area contributed by atoms with Crippen molar-refractivity contribution in [2.45, 2.75) is 64.6 Å². The highest BCUT2D eigenvalue weighted by molar-refractivity contribution is 5.34. The average Bonchev–Trinajstić information content (AvgIpc) is 2.61. The molecule has 2 nitrogen and oxygen atoms in total. The third kappa shape index (κ3) is 6.66. The van der Waals surface area contributed by atoms with Gasteiger partial charge in [-0.05, 0) is 62.1 Å². The van der Waals surface area contributed by atoms with E-state index in [0.717, 1.165) is 50.7 Å². The largest absolute Gasteiger partial charge is 0.356 e. The summed E-state index contributed by atoms with van der Waals surface area (Å²) in [6.07, 6.45) is 5.95. The van der Waals surface area contributed by atoms with Crippen LogP contribution in [0.25, 0.3) is 0 Å². The van der Waals surface area contributed by atoms with E-state index in [1.165, 1.54) is 6.07 Å². The number of ether oxygens (including phenoxy) is 1. The van der Waals surface area contributed by atoms with Crippen LogP contribution in [0.2, 0.25) is 0 Å². The molecule has 0 aliphatic heterocycles. The summed E-state index contributed by atoms with van der Waals surface area (Å²) in [5.74, 6) is -1.66. The van der Waals surface area contributed by atoms with Crippen LogP contribution in [0.4, 0.5) is 17.6 Å². The van der Waals surface area contributed by atoms with E-state index in [-0.39, 0.29) is 17.9 Å². The number of nitrogens with zero attached hydrogens (tertiary/aromatic N) is 1. The fraction of sp³-hybridized carbons (Fsp3) is 0.571. The molecule has 0 N–H and O–H groups in total. The van der Waals surface area contributed by atoms with Gasteiger partial charge in [0.2, 0.25) is 0 Å². The molecule has 0 unspecified atom stereocenters. The molecule has 1 fully saturated rings. The summed E-state index contributed by atoms with van der Waals surface area (Å²) in [4.78, 5) is 0. The Morgan fingerprint density at radius 2 is 1.74 bits per heavy atom. The first-order valence-corrected chi connectivity index (χ1v) is 9.35. The van der Waals surface area contributed by atoms with E-state index in [1.54, 1.807) is 0 Å². The first-order valence-electron chi connectivity index (χ1n) is 9.35. The van der Waals surface area contributed by atoms with E-state index in [4.69, 9.17) is 5.26 Å². The first-order chi connectivity index (χ1) is 12.8. The zero-order valence-corrected chi connectivity index (χ0v) is 15.5. The molecule has 1 saturated carbocycles. The molecule has 0 radical (unpaired) electrons. The molecular weight excluding hydrogens is 358 g/mol. The molecular formula is C21H25F4NO. The fourth-order valence-electron chi connectivity index (χ4n) is 3.62. The van der Waals surface area contributed by atoms with Crippen molar-refractivity contribution in [2.75, 3.05) is 0 Å². The van der Waals surface area contributed by atoms with Crippen molar-refractivity contribution >= 4 is 0 Å². The summed E-state index contributed by atoms with van der Waals surface area (Å²) in [5, 5.41) is 8.63. The molecule has 6 heteroatoms. The van der Waals surface area contributed by atoms with Crippen LogP contribution in [0.15, 0.2) is 24.3 Å². The SMILES string of the molecule is C/C=C/CC[C@H]1CC[C@H](CC(F)(F)OCc2cc(F)c(C#N)c(F)c2)CC1. The van der Waals surface area contributed by atoms with Crippen LogP contribution >= 0.6 is 0 Å². The van der Waals surface area contributed by atoms with Crippen molar-refractivity contribution in [1.82, 2.24) is 0 Å². The van der Waals surface area contributed by atoms with Crippen LogP contribution in [0.3, 0.4) is 0 Å². The molecule has 0 amide bonds. The van der Waals surface area contributed by atoms with Gasteiger partial charge in [0.25, 0.3) is 0 Å². The molecule has 1 aliphatic carbocycles. The van der Waals surface area contributed by atoms with E-state index < -0.39 is 29.9 Å². The summed E-state index contributed by atoms with van der Waals surface area (Å²) in [6, 6.07) is 3.10. The van der Waals surface area contributed by atoms with Crippen molar-refractivity contribution in [1.29, 1.82) is 5.26 Å². The van der Waals surface area contributed by atoms with E-state index in [9.17, 15) is 17.6 Å². The number of benzene rings is 1. The third-order valence-electron chi connectivity index (χ3n) is 5.13. The summed E-state index contributed by atoms with van der Waals surface area (Å²) < 4.78 is 60.0. The molecule has 0 aromatic heterocycles. The number of allylic oxidation sites excluding steroid dienone is 2. The predicted octanol–water partition coefficient (Wildman–Crippen LogP) is 6.50. The lowest BCUT2D eigenvalue weighted by Gasteiger charge is -2.30. The van der Waals surface area contributed by atoms with Crippen molar-refractivity contribution in [3.63, 3.8) is 0 Å². The maximum absolute atomic E-state index is 14.1. The second-order valence-corrected chi connectivity index (χ2v) is 7.21. The predicted molar refractivity (Wildman–Crippen MR) is 94.9 cm³/mol. The monoisotopic (exact) mass is 383 g/mol. The minimum atomic E-state index is -3.34. The molecule has 0 saturated heterocycles. The summed E-state index contributed by atoms with van der Waals surface area (Å²) >= 11 is 0. The van der Waals surface area contributed by atoms with E-state index in [2.05, 4.69) is 10.8 Å². The van der Waals surface area contributed by atoms with Gasteiger partial charge in [-0.15, -0.1) is 0 Å². The molecule has 0 spiro atoms. The number of halogens is 4. The smallest absolute Gasteiger partial charge is 0.316 e. The molecule has 1 aromatic carbocycles. The normalized spacial score (nSPS) is 20.7. The Morgan fingerprint density at radius 1 is 1.15 bits per heavy atom. The third-order valence-corrected chi connectivity index (χ3v) is 5.13. The average molecular weight is 383 g/mol. The molecule has 0 atom stereocenters. The highest BCUT2D eigenvalue weighted by Crippen LogP contribution is 2.38. The topological polar surface area (TPSA) is 33.0 Å². The molecule has 0 bridgehead atoms. The van der Waals surface area contributed by atoms with Gasteiger partial charge >= 0.3 is 6.11 Å². The fourth-order valence-corrected chi connectivity index (χ4v) is 3.62. The number of hydrogen-bond donors (Lipinski definition) is 0. The number of hydrogen-bond acceptors (Lipinski definition) is 2. The molecule has 1 aliphatic rings. The van der Waals surface area contributed by atoms with Crippen LogP contribution in [0.1, 0.15) is 63.0 Å². The van der Waals surface area contributed by atoms with E-state index in [1.807, 2.05) is 13.0 Å². The molecule has 27 heavy (non-hydrogen) atoms. The Kier molecular flexibility index (Phi) is 7.85. The highest BCUT2D eigenvalue weighted by atomic mass is 19.3. The number of rotatable bonds is 8. The van der Waals surface area contributed by atoms with Crippen LogP contribution < -0.4 is 0 Å². The summed E-state index contributed by atoms with van der Waals surface area (Å²) in [7, 11) is 0. The Balaban J connectivity index is 1.81. The zero-order chi connectivity index (χ0) is 19.9. The Morgan fingerprint density at radius 3 is 2.30 bits per heavy atom. The van der Waals surface area contributed by atoms with Gasteiger partial charge in [0, 0.05) is 6.42 Å². The lowest BCUT2D eigenvalue weighted by atomic mass is 9.78. The Labute approximate surface area is 157 Å². The quantitative estimate of drug-likeness (QED) is 0.379. The van der Waals surface area contributed by atoms with E-state index >= 15 is 0 Å². The maximum atomic E-state index is 14.1. The lowest BCUT2D eigenvalue weighted by molar-refractivity contribution is -0.256. The van der Waals surface area contributed by atoms with Gasteiger partial charge in [-0.3, -0.25) is 0 Å². The zero-order valence-electron chi connectivity index (χ0n) is 15.5. The summed E-state index contributed by atoms with van der Waals surface area (Å²) in [6.45, 7) is 1.38. The van der Waals surface area contributed by atoms with Gasteiger partial charge in [-0.2, -0.15) is 14.0 Å². The highest BCUT2D eigenvalue weighted by Gasteiger charge is 2.35. The first kappa shape index (κ1) is 21.4. The lowest BCUT2D eigenvalue weighted by Crippen LogP contribution is -2.27. The van der Waals surface area contributed by atoms with Crippen LogP contribution in [0, 0.1) is 34.8 Å². The maximum Gasteiger partial charge on any atom is 0.356 e. The van der Waals surface area contributed by atoms with Gasteiger partial charge in [-0.25, -0.2) is 8.78 Å². The van der Waals surface area contributed by atoms with Crippen molar-refractivity contribution in [2.24, 2.45) is 11.8 Å². The summed E-state index contributed by atoms with van der Waals surface area (Å²) in [5.41, 5.74) is -0.784. The van der Waals surface area contributed by atoms with Crippen LogP contribution in [-0.2, 0) is 11.3 Å². The second-order valence-electron chi connectivity index (χ2n) is 7.21. The van der Waals surface area contributed by atoms with Gasteiger partial charge in [-0.1, -0.05) is 25.0 Å². The van der Waals surface area contributed by atoms with Gasteiger partial charge < -0.3 is 4.74 Å². The molecule has 0 heterocycles. The standard InChI is InChI=1S/C21H25F4NO/c1-2-3-4-5-15-6-8-16(9-7-15)12-21(24,25)27-14-17-10-19(22)18(13-26)20(23)11-17/h2-3,10-11,15-16H,4-9,12,14H2,1H3/b3-2+/t15-,16-. The molecule has 1 aromatic rings. The minimum Gasteiger partial charge on any atom is -0.316 e. The van der Waals surface area contributed by atoms with Gasteiger partial charge in [0.15, 0.2) is 0 Å².